The van der Waals surface area contributed by atoms with Crippen molar-refractivity contribution in [2.45, 2.75) is 27.3 Å². The summed E-state index contributed by atoms with van der Waals surface area (Å²) < 4.78 is 7.09. The van der Waals surface area contributed by atoms with Crippen molar-refractivity contribution in [2.24, 2.45) is 5.41 Å². The zero-order chi connectivity index (χ0) is 25.7. The van der Waals surface area contributed by atoms with Crippen molar-refractivity contribution in [3.63, 3.8) is 0 Å². The monoisotopic (exact) mass is 504 g/mol. The number of ether oxygens (including phenoxy) is 1. The molecule has 1 aromatic carbocycles. The highest BCUT2D eigenvalue weighted by molar-refractivity contribution is 6.42. The maximum Gasteiger partial charge on any atom is 0.414 e. The Bertz CT molecular complexity index is 1110. The summed E-state index contributed by atoms with van der Waals surface area (Å²) in [4.78, 5) is 45.2. The van der Waals surface area contributed by atoms with E-state index < -0.39 is 23.5 Å². The molecule has 0 amide bonds. The minimum Gasteiger partial charge on any atom is -0.489 e. The standard InChI is InChI=1S/C19H24Cl2N2O4.C2H2O4/c1-19(2,3)10-23-15(18(25)26)16(27-7-6-22(4)5)11-8-13(20)14(21)9-12(11)17(23)24;3-1(4)2(5)6/h8-9H,6-7,10H2,1-5H3,(H,25,26);(H,3,4)(H,5,6). The van der Waals surface area contributed by atoms with Crippen LogP contribution in [0.25, 0.3) is 10.8 Å². The highest BCUT2D eigenvalue weighted by Crippen LogP contribution is 2.34. The average Bonchev–Trinajstić information content (AvgIpc) is 2.65. The summed E-state index contributed by atoms with van der Waals surface area (Å²) in [5, 5.41) is 25.7. The van der Waals surface area contributed by atoms with Crippen molar-refractivity contribution in [1.82, 2.24) is 9.47 Å². The smallest absolute Gasteiger partial charge is 0.414 e. The average molecular weight is 505 g/mol. The van der Waals surface area contributed by atoms with Gasteiger partial charge in [-0.3, -0.25) is 9.36 Å². The fourth-order valence-corrected chi connectivity index (χ4v) is 3.05. The zero-order valence-electron chi connectivity index (χ0n) is 18.8. The highest BCUT2D eigenvalue weighted by atomic mass is 35.5. The van der Waals surface area contributed by atoms with Crippen molar-refractivity contribution >= 4 is 51.9 Å². The molecule has 182 valence electrons. The van der Waals surface area contributed by atoms with Crippen LogP contribution in [0.2, 0.25) is 10.0 Å². The van der Waals surface area contributed by atoms with E-state index in [4.69, 9.17) is 47.7 Å². The lowest BCUT2D eigenvalue weighted by atomic mass is 9.96. The largest absolute Gasteiger partial charge is 0.489 e. The second kappa shape index (κ2) is 11.4. The number of benzene rings is 1. The van der Waals surface area contributed by atoms with Gasteiger partial charge in [-0.2, -0.15) is 0 Å². The number of aliphatic carboxylic acids is 2. The van der Waals surface area contributed by atoms with Gasteiger partial charge in [0.25, 0.3) is 5.56 Å². The molecule has 0 radical (unpaired) electrons. The summed E-state index contributed by atoms with van der Waals surface area (Å²) in [6.45, 7) is 6.84. The summed E-state index contributed by atoms with van der Waals surface area (Å²) >= 11 is 12.2. The van der Waals surface area contributed by atoms with Gasteiger partial charge in [-0.15, -0.1) is 0 Å². The Morgan fingerprint density at radius 1 is 1.00 bits per heavy atom. The fourth-order valence-electron chi connectivity index (χ4n) is 2.72. The molecule has 2 rings (SSSR count). The van der Waals surface area contributed by atoms with Crippen LogP contribution in [0.5, 0.6) is 5.75 Å². The van der Waals surface area contributed by atoms with E-state index in [1.807, 2.05) is 39.8 Å². The van der Waals surface area contributed by atoms with Gasteiger partial charge in [0.15, 0.2) is 11.4 Å². The first kappa shape index (κ1) is 28.2. The van der Waals surface area contributed by atoms with Gasteiger partial charge in [-0.05, 0) is 31.6 Å². The van der Waals surface area contributed by atoms with Gasteiger partial charge in [0, 0.05) is 18.5 Å². The highest BCUT2D eigenvalue weighted by Gasteiger charge is 2.26. The maximum atomic E-state index is 13.1. The van der Waals surface area contributed by atoms with E-state index in [-0.39, 0.29) is 45.4 Å². The lowest BCUT2D eigenvalue weighted by Crippen LogP contribution is -2.32. The molecule has 0 aliphatic heterocycles. The number of aromatic carboxylic acids is 1. The molecule has 1 heterocycles. The Balaban J connectivity index is 0.000000801. The predicted octanol–water partition coefficient (Wildman–Crippen LogP) is 3.15. The number of aromatic nitrogens is 1. The lowest BCUT2D eigenvalue weighted by Gasteiger charge is -2.24. The number of carbonyl (C=O) groups is 3. The van der Waals surface area contributed by atoms with Crippen LogP contribution in [0, 0.1) is 5.41 Å². The van der Waals surface area contributed by atoms with Crippen LogP contribution in [0.3, 0.4) is 0 Å². The number of hydrogen-bond acceptors (Lipinski definition) is 6. The quantitative estimate of drug-likeness (QED) is 0.504. The van der Waals surface area contributed by atoms with Crippen LogP contribution in [-0.4, -0.2) is 69.9 Å². The normalized spacial score (nSPS) is 11.2. The number of carboxylic acid groups (broad SMARTS) is 3. The molecule has 0 unspecified atom stereocenters. The van der Waals surface area contributed by atoms with Gasteiger partial charge >= 0.3 is 17.9 Å². The van der Waals surface area contributed by atoms with Crippen LogP contribution < -0.4 is 10.3 Å². The number of pyridine rings is 1. The van der Waals surface area contributed by atoms with Crippen LogP contribution in [0.4, 0.5) is 0 Å². The molecule has 0 saturated heterocycles. The SMILES string of the molecule is CN(C)CCOc1c(C(=O)O)n(CC(C)(C)C)c(=O)c2cc(Cl)c(Cl)cc12.O=C(O)C(=O)O. The number of fused-ring (bicyclic) bond motifs is 1. The Hall–Kier alpha value is -2.82. The Labute approximate surface area is 199 Å². The van der Waals surface area contributed by atoms with E-state index in [0.29, 0.717) is 11.9 Å². The van der Waals surface area contributed by atoms with Crippen LogP contribution in [0.1, 0.15) is 31.3 Å². The molecule has 1 aromatic heterocycles. The van der Waals surface area contributed by atoms with Crippen LogP contribution in [-0.2, 0) is 16.1 Å². The van der Waals surface area contributed by atoms with E-state index in [0.717, 1.165) is 0 Å². The second-order valence-corrected chi connectivity index (χ2v) is 9.32. The molecular weight excluding hydrogens is 479 g/mol. The second-order valence-electron chi connectivity index (χ2n) is 8.51. The molecule has 0 saturated carbocycles. The van der Waals surface area contributed by atoms with Gasteiger partial charge in [0.1, 0.15) is 6.61 Å². The first-order valence-corrected chi connectivity index (χ1v) is 10.3. The van der Waals surface area contributed by atoms with Crippen molar-refractivity contribution in [3.8, 4) is 5.75 Å². The van der Waals surface area contributed by atoms with Crippen LogP contribution >= 0.6 is 23.2 Å². The summed E-state index contributed by atoms with van der Waals surface area (Å²) in [7, 11) is 3.77. The number of rotatable bonds is 6. The maximum absolute atomic E-state index is 13.1. The lowest BCUT2D eigenvalue weighted by molar-refractivity contribution is -0.159. The number of halogens is 2. The van der Waals surface area contributed by atoms with Gasteiger partial charge in [-0.1, -0.05) is 44.0 Å². The molecule has 33 heavy (non-hydrogen) atoms. The van der Waals surface area contributed by atoms with Crippen molar-refractivity contribution < 1.29 is 34.4 Å². The molecule has 0 atom stereocenters. The minimum absolute atomic E-state index is 0.127. The summed E-state index contributed by atoms with van der Waals surface area (Å²) in [6.07, 6.45) is 0. The van der Waals surface area contributed by atoms with Gasteiger partial charge in [0.05, 0.1) is 15.4 Å². The van der Waals surface area contributed by atoms with Crippen molar-refractivity contribution in [2.75, 3.05) is 27.2 Å². The van der Waals surface area contributed by atoms with E-state index in [1.165, 1.54) is 16.7 Å². The summed E-state index contributed by atoms with van der Waals surface area (Å²) in [6, 6.07) is 2.95. The number of carboxylic acids is 3. The number of nitrogens with zero attached hydrogens (tertiary/aromatic N) is 2. The van der Waals surface area contributed by atoms with Gasteiger partial charge in [0.2, 0.25) is 0 Å². The molecule has 10 nitrogen and oxygen atoms in total. The zero-order valence-corrected chi connectivity index (χ0v) is 20.3. The van der Waals surface area contributed by atoms with E-state index in [9.17, 15) is 14.7 Å². The van der Waals surface area contributed by atoms with Crippen molar-refractivity contribution in [3.05, 3.63) is 38.2 Å². The molecule has 0 spiro atoms. The molecular formula is C21H26Cl2N2O8. The molecule has 0 aliphatic carbocycles. The molecule has 2 aromatic rings. The Kier molecular flexibility index (Phi) is 9.71. The Morgan fingerprint density at radius 3 is 1.88 bits per heavy atom. The third kappa shape index (κ3) is 7.92. The fraction of sp³-hybridized carbons (Fsp3) is 0.429. The van der Waals surface area contributed by atoms with Gasteiger partial charge in [-0.25, -0.2) is 14.4 Å². The van der Waals surface area contributed by atoms with E-state index in [1.54, 1.807) is 0 Å². The predicted molar refractivity (Wildman–Crippen MR) is 124 cm³/mol. The first-order valence-electron chi connectivity index (χ1n) is 9.59. The van der Waals surface area contributed by atoms with E-state index in [2.05, 4.69) is 0 Å². The summed E-state index contributed by atoms with van der Waals surface area (Å²) in [5.74, 6) is -4.75. The topological polar surface area (TPSA) is 146 Å². The van der Waals surface area contributed by atoms with Crippen LogP contribution in [0.15, 0.2) is 16.9 Å². The summed E-state index contributed by atoms with van der Waals surface area (Å²) in [5.41, 5.74) is -0.936. The first-order chi connectivity index (χ1) is 15.1. The number of hydrogen-bond donors (Lipinski definition) is 3. The Morgan fingerprint density at radius 2 is 1.48 bits per heavy atom. The minimum atomic E-state index is -1.82. The molecule has 3 N–H and O–H groups in total. The third-order valence-electron chi connectivity index (χ3n) is 4.07. The molecule has 12 heteroatoms. The number of likely N-dealkylation sites (N-methyl/N-ethyl adjacent to an activating group) is 1. The van der Waals surface area contributed by atoms with Crippen molar-refractivity contribution in [1.29, 1.82) is 0 Å². The van der Waals surface area contributed by atoms with E-state index >= 15 is 0 Å². The van der Waals surface area contributed by atoms with Gasteiger partial charge < -0.3 is 25.0 Å². The third-order valence-corrected chi connectivity index (χ3v) is 4.79. The molecule has 0 aliphatic rings. The molecule has 0 fully saturated rings. The molecule has 0 bridgehead atoms.